The van der Waals surface area contributed by atoms with E-state index in [0.717, 1.165) is 19.8 Å². The fourth-order valence-corrected chi connectivity index (χ4v) is 4.41. The van der Waals surface area contributed by atoms with E-state index in [1.807, 2.05) is 0 Å². The van der Waals surface area contributed by atoms with Crippen molar-refractivity contribution in [2.24, 2.45) is 5.92 Å². The highest BCUT2D eigenvalue weighted by atomic mass is 16.5. The number of rotatable bonds is 5. The maximum atomic E-state index is 6.48. The highest BCUT2D eigenvalue weighted by Gasteiger charge is 2.43. The lowest BCUT2D eigenvalue weighted by atomic mass is 9.89. The summed E-state index contributed by atoms with van der Waals surface area (Å²) in [5, 5.41) is 3.72. The van der Waals surface area contributed by atoms with E-state index in [2.05, 4.69) is 12.2 Å². The van der Waals surface area contributed by atoms with Crippen molar-refractivity contribution in [3.05, 3.63) is 0 Å². The van der Waals surface area contributed by atoms with Crippen molar-refractivity contribution in [3.63, 3.8) is 0 Å². The Balaban J connectivity index is 1.50. The van der Waals surface area contributed by atoms with Crippen LogP contribution in [0, 0.1) is 5.92 Å². The number of nitrogens with one attached hydrogen (secondary N) is 1. The summed E-state index contributed by atoms with van der Waals surface area (Å²) in [5.74, 6) is 0.650. The summed E-state index contributed by atoms with van der Waals surface area (Å²) >= 11 is 0. The van der Waals surface area contributed by atoms with E-state index < -0.39 is 0 Å². The molecule has 3 unspecified atom stereocenters. The van der Waals surface area contributed by atoms with Gasteiger partial charge in [-0.15, -0.1) is 0 Å². The van der Waals surface area contributed by atoms with E-state index >= 15 is 0 Å². The van der Waals surface area contributed by atoms with Crippen LogP contribution in [0.25, 0.3) is 0 Å². The lowest BCUT2D eigenvalue weighted by Gasteiger charge is -2.34. The molecule has 2 aliphatic heterocycles. The third kappa shape index (κ3) is 3.37. The van der Waals surface area contributed by atoms with E-state index in [-0.39, 0.29) is 5.60 Å². The summed E-state index contributed by atoms with van der Waals surface area (Å²) in [6, 6.07) is 0.646. The summed E-state index contributed by atoms with van der Waals surface area (Å²) < 4.78 is 12.2. The van der Waals surface area contributed by atoms with Crippen LogP contribution in [0.3, 0.4) is 0 Å². The predicted molar refractivity (Wildman–Crippen MR) is 80.9 cm³/mol. The molecule has 1 saturated carbocycles. The fraction of sp³-hybridized carbons (Fsp3) is 1.00. The van der Waals surface area contributed by atoms with Gasteiger partial charge in [0.05, 0.1) is 18.3 Å². The molecule has 20 heavy (non-hydrogen) atoms. The molecule has 1 spiro atoms. The number of hydrogen-bond donors (Lipinski definition) is 1. The quantitative estimate of drug-likeness (QED) is 0.839. The van der Waals surface area contributed by atoms with Crippen molar-refractivity contribution in [1.82, 2.24) is 5.32 Å². The second-order valence-electron chi connectivity index (χ2n) is 7.09. The van der Waals surface area contributed by atoms with Crippen LogP contribution in [0.15, 0.2) is 0 Å². The first-order chi connectivity index (χ1) is 9.81. The van der Waals surface area contributed by atoms with Crippen LogP contribution in [0.4, 0.5) is 0 Å². The fourth-order valence-electron chi connectivity index (χ4n) is 4.41. The molecule has 1 N–H and O–H groups in total. The Bertz CT molecular complexity index is 301. The van der Waals surface area contributed by atoms with Gasteiger partial charge in [0.2, 0.25) is 0 Å². The van der Waals surface area contributed by atoms with Crippen molar-refractivity contribution in [1.29, 1.82) is 0 Å². The molecule has 3 aliphatic rings. The van der Waals surface area contributed by atoms with Crippen LogP contribution < -0.4 is 5.32 Å². The zero-order chi connectivity index (χ0) is 13.8. The summed E-state index contributed by atoms with van der Waals surface area (Å²) in [6.45, 7) is 5.23. The summed E-state index contributed by atoms with van der Waals surface area (Å²) in [5.41, 5.74) is 0.284. The second-order valence-corrected chi connectivity index (χ2v) is 7.09. The van der Waals surface area contributed by atoms with E-state index in [4.69, 9.17) is 9.47 Å². The highest BCUT2D eigenvalue weighted by Crippen LogP contribution is 2.44. The third-order valence-corrected chi connectivity index (χ3v) is 5.55. The van der Waals surface area contributed by atoms with Gasteiger partial charge in [-0.25, -0.2) is 0 Å². The van der Waals surface area contributed by atoms with E-state index in [1.165, 1.54) is 57.8 Å². The molecule has 3 rings (SSSR count). The molecule has 3 nitrogen and oxygen atoms in total. The molecule has 0 aromatic rings. The Morgan fingerprint density at radius 3 is 2.80 bits per heavy atom. The SMILES string of the molecule is CCCNC1CCOCC1CC1CCC2(CCCC2)O1. The first kappa shape index (κ1) is 14.8. The number of hydrogen-bond acceptors (Lipinski definition) is 3. The molecule has 0 radical (unpaired) electrons. The lowest BCUT2D eigenvalue weighted by molar-refractivity contribution is -0.0588. The zero-order valence-electron chi connectivity index (χ0n) is 13.0. The van der Waals surface area contributed by atoms with Gasteiger partial charge >= 0.3 is 0 Å². The van der Waals surface area contributed by atoms with Gasteiger partial charge in [0, 0.05) is 18.6 Å². The van der Waals surface area contributed by atoms with Gasteiger partial charge in [-0.3, -0.25) is 0 Å². The average molecular weight is 281 g/mol. The predicted octanol–water partition coefficient (Wildman–Crippen LogP) is 3.27. The zero-order valence-corrected chi connectivity index (χ0v) is 13.0. The maximum Gasteiger partial charge on any atom is 0.0687 e. The Morgan fingerprint density at radius 2 is 2.00 bits per heavy atom. The monoisotopic (exact) mass is 281 g/mol. The summed E-state index contributed by atoms with van der Waals surface area (Å²) in [4.78, 5) is 0. The standard InChI is InChI=1S/C17H31NO2/c1-2-10-18-16-6-11-19-13-14(16)12-15-5-9-17(20-15)7-3-4-8-17/h14-16,18H,2-13H2,1H3. The minimum absolute atomic E-state index is 0.284. The van der Waals surface area contributed by atoms with Crippen LogP contribution in [-0.4, -0.2) is 37.5 Å². The van der Waals surface area contributed by atoms with Crippen LogP contribution in [-0.2, 0) is 9.47 Å². The summed E-state index contributed by atoms with van der Waals surface area (Å²) in [7, 11) is 0. The van der Waals surface area contributed by atoms with Gasteiger partial charge in [-0.1, -0.05) is 19.8 Å². The van der Waals surface area contributed by atoms with Crippen molar-refractivity contribution in [3.8, 4) is 0 Å². The molecule has 0 aromatic heterocycles. The molecular formula is C17H31NO2. The Labute approximate surface area is 123 Å². The highest BCUT2D eigenvalue weighted by molar-refractivity contribution is 4.94. The first-order valence-electron chi connectivity index (χ1n) is 8.80. The largest absolute Gasteiger partial charge is 0.381 e. The normalized spacial score (nSPS) is 36.8. The van der Waals surface area contributed by atoms with Crippen LogP contribution >= 0.6 is 0 Å². The minimum atomic E-state index is 0.284. The molecule has 3 atom stereocenters. The van der Waals surface area contributed by atoms with E-state index in [1.54, 1.807) is 0 Å². The average Bonchev–Trinajstić information content (AvgIpc) is 3.09. The Kier molecular flexibility index (Phi) is 5.00. The second kappa shape index (κ2) is 6.76. The third-order valence-electron chi connectivity index (χ3n) is 5.55. The Morgan fingerprint density at radius 1 is 1.15 bits per heavy atom. The lowest BCUT2D eigenvalue weighted by Crippen LogP contribution is -2.44. The molecule has 3 fully saturated rings. The van der Waals surface area contributed by atoms with Crippen molar-refractivity contribution in [2.75, 3.05) is 19.8 Å². The van der Waals surface area contributed by atoms with Gasteiger partial charge in [-0.2, -0.15) is 0 Å². The molecule has 0 aromatic carbocycles. The van der Waals surface area contributed by atoms with E-state index in [9.17, 15) is 0 Å². The van der Waals surface area contributed by atoms with Crippen LogP contribution in [0.1, 0.15) is 64.7 Å². The summed E-state index contributed by atoms with van der Waals surface area (Å²) in [6.07, 6.45) is 12.0. The first-order valence-corrected chi connectivity index (χ1v) is 8.80. The molecule has 1 aliphatic carbocycles. The molecule has 2 heterocycles. The Hall–Kier alpha value is -0.120. The minimum Gasteiger partial charge on any atom is -0.381 e. The topological polar surface area (TPSA) is 30.5 Å². The van der Waals surface area contributed by atoms with Gasteiger partial charge in [-0.05, 0) is 51.5 Å². The molecule has 2 saturated heterocycles. The van der Waals surface area contributed by atoms with Gasteiger partial charge in [0.1, 0.15) is 0 Å². The molecule has 0 bridgehead atoms. The van der Waals surface area contributed by atoms with E-state index in [0.29, 0.717) is 18.1 Å². The smallest absolute Gasteiger partial charge is 0.0687 e. The molecular weight excluding hydrogens is 250 g/mol. The van der Waals surface area contributed by atoms with Crippen molar-refractivity contribution in [2.45, 2.75) is 82.5 Å². The molecule has 3 heteroatoms. The maximum absolute atomic E-state index is 6.48. The molecule has 116 valence electrons. The van der Waals surface area contributed by atoms with Gasteiger partial charge in [0.25, 0.3) is 0 Å². The number of ether oxygens (including phenoxy) is 2. The van der Waals surface area contributed by atoms with Gasteiger partial charge in [0.15, 0.2) is 0 Å². The molecule has 0 amide bonds. The van der Waals surface area contributed by atoms with Crippen molar-refractivity contribution < 1.29 is 9.47 Å². The van der Waals surface area contributed by atoms with Crippen LogP contribution in [0.2, 0.25) is 0 Å². The van der Waals surface area contributed by atoms with Gasteiger partial charge < -0.3 is 14.8 Å². The van der Waals surface area contributed by atoms with Crippen LogP contribution in [0.5, 0.6) is 0 Å². The van der Waals surface area contributed by atoms with Crippen molar-refractivity contribution >= 4 is 0 Å².